The van der Waals surface area contributed by atoms with Crippen molar-refractivity contribution >= 4 is 34.2 Å². The Labute approximate surface area is 216 Å². The molecular weight excluding hydrogens is 580 g/mol. The lowest BCUT2D eigenvalue weighted by Gasteiger charge is -2.39. The molecule has 8 nitrogen and oxygen atoms in total. The molecule has 2 atom stereocenters. The molecule has 6 rings (SSSR count). The van der Waals surface area contributed by atoms with Crippen molar-refractivity contribution in [3.05, 3.63) is 113 Å². The van der Waals surface area contributed by atoms with Gasteiger partial charge in [0, 0.05) is 29.6 Å². The fraction of sp³-hybridized carbons (Fsp3) is 0.154. The Morgan fingerprint density at radius 2 is 1.75 bits per heavy atom. The Balaban J connectivity index is 1.60. The van der Waals surface area contributed by atoms with E-state index in [9.17, 15) is 28.7 Å². The highest BCUT2D eigenvalue weighted by atomic mass is 127. The fourth-order valence-electron chi connectivity index (χ4n) is 5.35. The van der Waals surface area contributed by atoms with Gasteiger partial charge in [-0.15, -0.1) is 0 Å². The molecule has 0 saturated carbocycles. The van der Waals surface area contributed by atoms with Crippen molar-refractivity contribution in [3.8, 4) is 11.4 Å². The number of allylic oxidation sites excluding steroid dienone is 6. The second kappa shape index (κ2) is 8.12. The van der Waals surface area contributed by atoms with Crippen molar-refractivity contribution < 1.29 is 19.1 Å². The van der Waals surface area contributed by atoms with Gasteiger partial charge in [-0.25, -0.2) is 27.9 Å². The van der Waals surface area contributed by atoms with Crippen LogP contribution in [0.4, 0.5) is 4.39 Å². The fourth-order valence-corrected chi connectivity index (χ4v) is 5.92. The summed E-state index contributed by atoms with van der Waals surface area (Å²) in [7, 11) is 0. The topological polar surface area (TPSA) is 103 Å². The highest BCUT2D eigenvalue weighted by Crippen LogP contribution is 2.50. The van der Waals surface area contributed by atoms with Crippen LogP contribution in [0, 0.1) is 5.82 Å². The number of aromatic hydroxyl groups is 1. The van der Waals surface area contributed by atoms with Gasteiger partial charge >= 0.3 is 11.4 Å². The number of halogens is 2. The van der Waals surface area contributed by atoms with E-state index in [1.807, 2.05) is 22.6 Å². The Hall–Kier alpha value is -3.80. The van der Waals surface area contributed by atoms with Crippen LogP contribution in [0.3, 0.4) is 0 Å². The summed E-state index contributed by atoms with van der Waals surface area (Å²) in [5.41, 5.74) is 0.797. The Bertz CT molecular complexity index is 1710. The number of aromatic nitrogens is 3. The van der Waals surface area contributed by atoms with Crippen LogP contribution in [-0.2, 0) is 16.1 Å². The summed E-state index contributed by atoms with van der Waals surface area (Å²) in [5.74, 6) is -2.91. The first-order chi connectivity index (χ1) is 17.3. The molecule has 10 heteroatoms. The van der Waals surface area contributed by atoms with Crippen LogP contribution < -0.4 is 11.4 Å². The number of para-hydroxylation sites is 1. The van der Waals surface area contributed by atoms with Gasteiger partial charge in [-0.1, -0.05) is 30.3 Å². The number of hydrogen-bond acceptors (Lipinski definition) is 5. The Kier molecular flexibility index (Phi) is 5.11. The predicted molar refractivity (Wildman–Crippen MR) is 136 cm³/mol. The highest BCUT2D eigenvalue weighted by Gasteiger charge is 2.45. The number of ketones is 2. The monoisotopic (exact) mass is 597 g/mol. The standard InChI is InChI=1S/C26H17FIN3O5/c27-17-10-13(6-7-20(17)32)22-15-8-9-29-25(35)30(14-4-2-1-3-5-14)26(36)31(29)19(15)11-16-21(33)12-18(28)24(34)23(16)22/h1-8,10,12,19,22,32H,9,11H2. The Morgan fingerprint density at radius 1 is 1.00 bits per heavy atom. The minimum Gasteiger partial charge on any atom is -0.505 e. The number of phenolic OH excluding ortho intramolecular Hbond substituents is 1. The molecule has 0 spiro atoms. The number of carbonyl (C=O) groups is 2. The zero-order chi connectivity index (χ0) is 25.3. The molecule has 1 aromatic heterocycles. The van der Waals surface area contributed by atoms with Crippen molar-refractivity contribution in [2.45, 2.75) is 24.9 Å². The molecule has 1 aliphatic heterocycles. The van der Waals surface area contributed by atoms with Crippen molar-refractivity contribution in [2.24, 2.45) is 0 Å². The number of carbonyl (C=O) groups excluding carboxylic acids is 2. The van der Waals surface area contributed by atoms with E-state index in [1.54, 1.807) is 36.4 Å². The van der Waals surface area contributed by atoms with Gasteiger partial charge in [-0.3, -0.25) is 9.59 Å². The summed E-state index contributed by atoms with van der Waals surface area (Å²) in [6.45, 7) is 0.0640. The van der Waals surface area contributed by atoms with Crippen LogP contribution >= 0.6 is 22.6 Å². The molecule has 2 unspecified atom stereocenters. The molecule has 1 N–H and O–H groups in total. The van der Waals surface area contributed by atoms with E-state index in [1.165, 1.54) is 27.6 Å². The number of fused-ring (bicyclic) bond motifs is 3. The van der Waals surface area contributed by atoms with Crippen molar-refractivity contribution in [2.75, 3.05) is 0 Å². The van der Waals surface area contributed by atoms with Gasteiger partial charge in [0.25, 0.3) is 0 Å². The summed E-state index contributed by atoms with van der Waals surface area (Å²) in [6, 6.07) is 11.6. The predicted octanol–water partition coefficient (Wildman–Crippen LogP) is 3.08. The summed E-state index contributed by atoms with van der Waals surface area (Å²) >= 11 is 1.81. The normalized spacial score (nSPS) is 20.9. The van der Waals surface area contributed by atoms with Crippen LogP contribution in [0.25, 0.3) is 5.69 Å². The number of benzene rings is 2. The van der Waals surface area contributed by atoms with Gasteiger partial charge < -0.3 is 5.11 Å². The van der Waals surface area contributed by atoms with Crippen molar-refractivity contribution in [1.29, 1.82) is 0 Å². The van der Waals surface area contributed by atoms with E-state index >= 15 is 0 Å². The maximum absolute atomic E-state index is 14.4. The zero-order valence-corrected chi connectivity index (χ0v) is 20.7. The summed E-state index contributed by atoms with van der Waals surface area (Å²) < 4.78 is 18.4. The minimum atomic E-state index is -0.864. The number of phenols is 1. The SMILES string of the molecule is O=C1C=C(I)C(=O)C2=C1CC1C(=CCn3c(=O)n(-c4ccccc4)c(=O)n31)C2c1ccc(O)c(F)c1. The lowest BCUT2D eigenvalue weighted by Crippen LogP contribution is -2.40. The van der Waals surface area contributed by atoms with Crippen molar-refractivity contribution in [1.82, 2.24) is 13.9 Å². The summed E-state index contributed by atoms with van der Waals surface area (Å²) in [5, 5.41) is 9.73. The van der Waals surface area contributed by atoms with E-state index < -0.39 is 34.9 Å². The zero-order valence-electron chi connectivity index (χ0n) is 18.5. The Morgan fingerprint density at radius 3 is 2.47 bits per heavy atom. The quantitative estimate of drug-likeness (QED) is 0.278. The van der Waals surface area contributed by atoms with E-state index in [2.05, 4.69) is 0 Å². The third-order valence-corrected chi connectivity index (χ3v) is 7.72. The molecule has 3 aromatic rings. The number of hydrogen-bond donors (Lipinski definition) is 1. The molecule has 2 aromatic carbocycles. The minimum absolute atomic E-state index is 0.0430. The molecule has 0 fully saturated rings. The van der Waals surface area contributed by atoms with Gasteiger partial charge in [-0.05, 0) is 58.0 Å². The van der Waals surface area contributed by atoms with Gasteiger partial charge in [-0.2, -0.15) is 0 Å². The van der Waals surface area contributed by atoms with Gasteiger partial charge in [0.1, 0.15) is 0 Å². The first-order valence-corrected chi connectivity index (χ1v) is 12.2. The van der Waals surface area contributed by atoms with Crippen LogP contribution in [0.1, 0.15) is 23.9 Å². The third-order valence-electron chi connectivity index (χ3n) is 6.92. The van der Waals surface area contributed by atoms with E-state index in [4.69, 9.17) is 0 Å². The molecule has 2 aliphatic carbocycles. The molecule has 2 heterocycles. The summed E-state index contributed by atoms with van der Waals surface area (Å²) in [6.07, 6.45) is 3.07. The third kappa shape index (κ3) is 3.16. The van der Waals surface area contributed by atoms with Gasteiger partial charge in [0.15, 0.2) is 23.1 Å². The molecular formula is C26H17FIN3O5. The van der Waals surface area contributed by atoms with Crippen LogP contribution in [-0.4, -0.2) is 30.6 Å². The molecule has 0 amide bonds. The molecule has 180 valence electrons. The van der Waals surface area contributed by atoms with Crippen LogP contribution in [0.2, 0.25) is 0 Å². The first-order valence-electron chi connectivity index (χ1n) is 11.2. The first kappa shape index (κ1) is 22.7. The van der Waals surface area contributed by atoms with Crippen molar-refractivity contribution in [3.63, 3.8) is 0 Å². The second-order valence-electron chi connectivity index (χ2n) is 8.81. The van der Waals surface area contributed by atoms with E-state index in [0.29, 0.717) is 16.8 Å². The largest absolute Gasteiger partial charge is 0.505 e. The summed E-state index contributed by atoms with van der Waals surface area (Å²) in [4.78, 5) is 53.2. The molecule has 36 heavy (non-hydrogen) atoms. The lowest BCUT2D eigenvalue weighted by molar-refractivity contribution is -0.115. The maximum atomic E-state index is 14.4. The lowest BCUT2D eigenvalue weighted by atomic mass is 9.69. The molecule has 3 aliphatic rings. The van der Waals surface area contributed by atoms with Crippen LogP contribution in [0.5, 0.6) is 5.75 Å². The van der Waals surface area contributed by atoms with E-state index in [0.717, 1.165) is 10.6 Å². The molecule has 0 bridgehead atoms. The molecule has 0 radical (unpaired) electrons. The second-order valence-corrected chi connectivity index (χ2v) is 9.97. The molecule has 0 saturated heterocycles. The number of rotatable bonds is 2. The van der Waals surface area contributed by atoms with Gasteiger partial charge in [0.05, 0.1) is 21.9 Å². The maximum Gasteiger partial charge on any atom is 0.352 e. The average molecular weight is 597 g/mol. The van der Waals surface area contributed by atoms with E-state index in [-0.39, 0.29) is 39.3 Å². The number of nitrogens with zero attached hydrogens (tertiary/aromatic N) is 3. The van der Waals surface area contributed by atoms with Gasteiger partial charge in [0.2, 0.25) is 0 Å². The highest BCUT2D eigenvalue weighted by molar-refractivity contribution is 14.1. The number of Topliss-reactive ketones (excluding diaryl/α,β-unsaturated/α-hetero) is 1. The van der Waals surface area contributed by atoms with Crippen LogP contribution in [0.15, 0.2) is 90.6 Å². The average Bonchev–Trinajstić information content (AvgIpc) is 3.13. The smallest absolute Gasteiger partial charge is 0.352 e.